The lowest BCUT2D eigenvalue weighted by molar-refractivity contribution is 0.162. The summed E-state index contributed by atoms with van der Waals surface area (Å²) in [7, 11) is 0. The van der Waals surface area contributed by atoms with Crippen LogP contribution in [-0.2, 0) is 4.74 Å². The molecule has 1 heterocycles. The van der Waals surface area contributed by atoms with Crippen molar-refractivity contribution in [1.29, 1.82) is 0 Å². The maximum absolute atomic E-state index is 4.83. The first-order valence-corrected chi connectivity index (χ1v) is 3.70. The van der Waals surface area contributed by atoms with Crippen LogP contribution in [0.1, 0.15) is 20.3 Å². The average molecular weight is 131 g/mol. The zero-order valence-corrected chi connectivity index (χ0v) is 6.44. The molecule has 0 aromatic rings. The molecule has 2 nitrogen and oxygen atoms in total. The fourth-order valence-electron chi connectivity index (χ4n) is 0.381. The Morgan fingerprint density at radius 1 is 1.22 bits per heavy atom. The van der Waals surface area contributed by atoms with E-state index < -0.39 is 0 Å². The van der Waals surface area contributed by atoms with Crippen molar-refractivity contribution in [3.8, 4) is 0 Å². The lowest BCUT2D eigenvalue weighted by Gasteiger charge is -2.09. The van der Waals surface area contributed by atoms with E-state index in [4.69, 9.17) is 4.74 Å². The van der Waals surface area contributed by atoms with Crippen molar-refractivity contribution in [1.82, 2.24) is 5.32 Å². The minimum absolute atomic E-state index is 0.844. The van der Waals surface area contributed by atoms with Gasteiger partial charge in [0.25, 0.3) is 0 Å². The molecule has 1 N–H and O–H groups in total. The van der Waals surface area contributed by atoms with Gasteiger partial charge in [-0.25, -0.2) is 0 Å². The van der Waals surface area contributed by atoms with Gasteiger partial charge in [-0.1, -0.05) is 0 Å². The Hall–Kier alpha value is -0.0800. The third-order valence-corrected chi connectivity index (χ3v) is 1.12. The molecule has 9 heavy (non-hydrogen) atoms. The molecule has 0 unspecified atom stereocenters. The van der Waals surface area contributed by atoms with Crippen LogP contribution in [0.2, 0.25) is 0 Å². The van der Waals surface area contributed by atoms with E-state index in [2.05, 4.69) is 5.32 Å². The van der Waals surface area contributed by atoms with Gasteiger partial charge in [-0.2, -0.15) is 0 Å². The standard InChI is InChI=1S/C4H10O.C3H7N/c1-3-5-4-2;1-2-4-3-1/h3-4H2,1-2H3;4H,1-3H2. The van der Waals surface area contributed by atoms with Crippen molar-refractivity contribution in [3.05, 3.63) is 0 Å². The Morgan fingerprint density at radius 3 is 1.56 bits per heavy atom. The van der Waals surface area contributed by atoms with Crippen LogP contribution in [0.15, 0.2) is 0 Å². The van der Waals surface area contributed by atoms with Gasteiger partial charge in [0.2, 0.25) is 0 Å². The fraction of sp³-hybridized carbons (Fsp3) is 1.00. The van der Waals surface area contributed by atoms with E-state index >= 15 is 0 Å². The Balaban J connectivity index is 0.000000144. The van der Waals surface area contributed by atoms with Crippen LogP contribution in [0.5, 0.6) is 0 Å². The van der Waals surface area contributed by atoms with Gasteiger partial charge < -0.3 is 10.1 Å². The van der Waals surface area contributed by atoms with Crippen LogP contribution >= 0.6 is 0 Å². The van der Waals surface area contributed by atoms with Gasteiger partial charge in [0, 0.05) is 13.2 Å². The topological polar surface area (TPSA) is 21.3 Å². The number of rotatable bonds is 2. The molecule has 56 valence electrons. The van der Waals surface area contributed by atoms with Crippen LogP contribution in [-0.4, -0.2) is 26.3 Å². The van der Waals surface area contributed by atoms with Crippen LogP contribution in [0, 0.1) is 0 Å². The van der Waals surface area contributed by atoms with Gasteiger partial charge in [0.15, 0.2) is 0 Å². The summed E-state index contributed by atoms with van der Waals surface area (Å²) in [6, 6.07) is 0. The molecular weight excluding hydrogens is 114 g/mol. The summed E-state index contributed by atoms with van der Waals surface area (Å²) in [5.41, 5.74) is 0. The molecule has 0 saturated carbocycles. The first-order valence-electron chi connectivity index (χ1n) is 3.70. The Morgan fingerprint density at radius 2 is 1.56 bits per heavy atom. The van der Waals surface area contributed by atoms with Gasteiger partial charge in [-0.3, -0.25) is 0 Å². The van der Waals surface area contributed by atoms with Crippen molar-refractivity contribution in [3.63, 3.8) is 0 Å². The number of hydrogen-bond donors (Lipinski definition) is 1. The molecule has 0 radical (unpaired) electrons. The van der Waals surface area contributed by atoms with Gasteiger partial charge >= 0.3 is 0 Å². The van der Waals surface area contributed by atoms with E-state index in [0.717, 1.165) is 13.2 Å². The van der Waals surface area contributed by atoms with E-state index in [9.17, 15) is 0 Å². The Bertz CT molecular complexity index is 38.2. The van der Waals surface area contributed by atoms with Crippen LogP contribution in [0.4, 0.5) is 0 Å². The molecule has 0 aliphatic carbocycles. The third kappa shape index (κ3) is 7.92. The van der Waals surface area contributed by atoms with E-state index in [1.807, 2.05) is 13.8 Å². The summed E-state index contributed by atoms with van der Waals surface area (Å²) < 4.78 is 4.83. The van der Waals surface area contributed by atoms with E-state index in [1.165, 1.54) is 19.5 Å². The highest BCUT2D eigenvalue weighted by Gasteiger charge is 1.92. The van der Waals surface area contributed by atoms with Crippen molar-refractivity contribution < 1.29 is 4.74 Å². The molecule has 1 aliphatic rings. The summed E-state index contributed by atoms with van der Waals surface area (Å²) in [6.07, 6.45) is 1.39. The van der Waals surface area contributed by atoms with Gasteiger partial charge in [-0.15, -0.1) is 0 Å². The molecule has 0 aromatic carbocycles. The van der Waals surface area contributed by atoms with E-state index in [-0.39, 0.29) is 0 Å². The second-order valence-corrected chi connectivity index (χ2v) is 1.89. The molecule has 0 aromatic heterocycles. The molecule has 0 spiro atoms. The molecular formula is C7H17NO. The first-order chi connectivity index (χ1) is 4.41. The highest BCUT2D eigenvalue weighted by atomic mass is 16.5. The largest absolute Gasteiger partial charge is 0.382 e. The van der Waals surface area contributed by atoms with E-state index in [1.54, 1.807) is 0 Å². The highest BCUT2D eigenvalue weighted by molar-refractivity contribution is 4.56. The number of hydrogen-bond acceptors (Lipinski definition) is 2. The fourth-order valence-corrected chi connectivity index (χ4v) is 0.381. The van der Waals surface area contributed by atoms with Gasteiger partial charge in [-0.05, 0) is 33.4 Å². The monoisotopic (exact) mass is 131 g/mol. The lowest BCUT2D eigenvalue weighted by Crippen LogP contribution is -2.29. The Kier molecular flexibility index (Phi) is 7.85. The third-order valence-electron chi connectivity index (χ3n) is 1.12. The Labute approximate surface area is 57.6 Å². The highest BCUT2D eigenvalue weighted by Crippen LogP contribution is 1.80. The van der Waals surface area contributed by atoms with Crippen LogP contribution in [0.3, 0.4) is 0 Å². The summed E-state index contributed by atoms with van der Waals surface area (Å²) in [5.74, 6) is 0. The normalized spacial score (nSPS) is 15.3. The first kappa shape index (κ1) is 8.92. The second-order valence-electron chi connectivity index (χ2n) is 1.89. The number of ether oxygens (including phenoxy) is 1. The smallest absolute Gasteiger partial charge is 0.0437 e. The van der Waals surface area contributed by atoms with Crippen molar-refractivity contribution >= 4 is 0 Å². The predicted octanol–water partition coefficient (Wildman–Crippen LogP) is 1.02. The minimum Gasteiger partial charge on any atom is -0.382 e. The zero-order valence-electron chi connectivity index (χ0n) is 6.44. The molecule has 1 saturated heterocycles. The molecule has 0 atom stereocenters. The van der Waals surface area contributed by atoms with Crippen molar-refractivity contribution in [2.75, 3.05) is 26.3 Å². The molecule has 0 bridgehead atoms. The van der Waals surface area contributed by atoms with Gasteiger partial charge in [0.1, 0.15) is 0 Å². The maximum atomic E-state index is 4.83. The van der Waals surface area contributed by atoms with E-state index in [0.29, 0.717) is 0 Å². The number of nitrogens with one attached hydrogen (secondary N) is 1. The average Bonchev–Trinajstić information content (AvgIpc) is 1.63. The predicted molar refractivity (Wildman–Crippen MR) is 39.7 cm³/mol. The summed E-state index contributed by atoms with van der Waals surface area (Å²) in [5, 5.41) is 3.11. The minimum atomic E-state index is 0.844. The molecule has 1 fully saturated rings. The van der Waals surface area contributed by atoms with Crippen molar-refractivity contribution in [2.45, 2.75) is 20.3 Å². The van der Waals surface area contributed by atoms with Gasteiger partial charge in [0.05, 0.1) is 0 Å². The molecule has 1 rings (SSSR count). The van der Waals surface area contributed by atoms with Crippen LogP contribution < -0.4 is 5.32 Å². The molecule has 0 amide bonds. The molecule has 2 heteroatoms. The lowest BCUT2D eigenvalue weighted by atomic mass is 10.3. The van der Waals surface area contributed by atoms with Crippen molar-refractivity contribution in [2.24, 2.45) is 0 Å². The SMILES string of the molecule is C1CNC1.CCOCC. The summed E-state index contributed by atoms with van der Waals surface area (Å²) in [6.45, 7) is 8.17. The zero-order chi connectivity index (χ0) is 6.95. The molecule has 1 aliphatic heterocycles. The summed E-state index contributed by atoms with van der Waals surface area (Å²) >= 11 is 0. The second kappa shape index (κ2) is 7.92. The quantitative estimate of drug-likeness (QED) is 0.604. The van der Waals surface area contributed by atoms with Crippen LogP contribution in [0.25, 0.3) is 0 Å². The maximum Gasteiger partial charge on any atom is 0.0437 e. The summed E-state index contributed by atoms with van der Waals surface area (Å²) in [4.78, 5) is 0.